The summed E-state index contributed by atoms with van der Waals surface area (Å²) in [5.41, 5.74) is 3.11. The molecule has 1 aliphatic carbocycles. The molecule has 0 bridgehead atoms. The Bertz CT molecular complexity index is 429. The first-order valence-corrected chi connectivity index (χ1v) is 6.65. The van der Waals surface area contributed by atoms with Gasteiger partial charge >= 0.3 is 0 Å². The molecule has 1 aliphatic heterocycles. The second-order valence-electron chi connectivity index (χ2n) is 6.04. The molecule has 3 rings (SSSR count). The summed E-state index contributed by atoms with van der Waals surface area (Å²) in [6, 6.07) is 6.45. The summed E-state index contributed by atoms with van der Waals surface area (Å²) in [6.45, 7) is 6.09. The van der Waals surface area contributed by atoms with Crippen LogP contribution >= 0.6 is 0 Å². The Balaban J connectivity index is 1.85. The van der Waals surface area contributed by atoms with Crippen LogP contribution in [-0.2, 0) is 12.0 Å². The number of fused-ring (bicyclic) bond motifs is 1. The molecule has 0 amide bonds. The van der Waals surface area contributed by atoms with Gasteiger partial charge in [-0.05, 0) is 56.2 Å². The largest absolute Gasteiger partial charge is 0.386 e. The highest BCUT2D eigenvalue weighted by Gasteiger charge is 2.28. The Morgan fingerprint density at radius 1 is 1.35 bits per heavy atom. The van der Waals surface area contributed by atoms with Crippen molar-refractivity contribution in [3.05, 3.63) is 29.3 Å². The van der Waals surface area contributed by atoms with Crippen LogP contribution in [0.25, 0.3) is 0 Å². The summed E-state index contributed by atoms with van der Waals surface area (Å²) in [5.74, 6) is 0.940. The third-order valence-corrected chi connectivity index (χ3v) is 3.95. The van der Waals surface area contributed by atoms with Crippen molar-refractivity contribution in [2.45, 2.75) is 38.7 Å². The molecule has 0 spiro atoms. The average molecular weight is 231 g/mol. The lowest BCUT2D eigenvalue weighted by Gasteiger charge is -2.21. The standard InChI is InChI=1S/C15H21NO/c1-15(2,17)13-5-6-14-12(9-13)7-8-16(14)10-11-3-4-11/h5-6,9,11,17H,3-4,7-8,10H2,1-2H3. The van der Waals surface area contributed by atoms with E-state index in [1.54, 1.807) is 0 Å². The summed E-state index contributed by atoms with van der Waals surface area (Å²) in [4.78, 5) is 2.52. The van der Waals surface area contributed by atoms with Crippen molar-refractivity contribution in [1.29, 1.82) is 0 Å². The molecule has 0 radical (unpaired) electrons. The van der Waals surface area contributed by atoms with Crippen LogP contribution in [0.5, 0.6) is 0 Å². The third kappa shape index (κ3) is 2.19. The van der Waals surface area contributed by atoms with Crippen molar-refractivity contribution in [3.63, 3.8) is 0 Å². The first-order chi connectivity index (χ1) is 8.04. The number of benzene rings is 1. The zero-order valence-electron chi connectivity index (χ0n) is 10.7. The summed E-state index contributed by atoms with van der Waals surface area (Å²) >= 11 is 0. The molecule has 0 saturated heterocycles. The summed E-state index contributed by atoms with van der Waals surface area (Å²) < 4.78 is 0. The van der Waals surface area contributed by atoms with E-state index in [-0.39, 0.29) is 0 Å². The van der Waals surface area contributed by atoms with E-state index in [0.717, 1.165) is 24.4 Å². The lowest BCUT2D eigenvalue weighted by atomic mass is 9.96. The molecule has 0 atom stereocenters. The number of nitrogens with zero attached hydrogens (tertiary/aromatic N) is 1. The lowest BCUT2D eigenvalue weighted by Crippen LogP contribution is -2.23. The van der Waals surface area contributed by atoms with Gasteiger partial charge in [0.05, 0.1) is 5.60 Å². The van der Waals surface area contributed by atoms with Crippen molar-refractivity contribution < 1.29 is 5.11 Å². The fraction of sp³-hybridized carbons (Fsp3) is 0.600. The fourth-order valence-electron chi connectivity index (χ4n) is 2.65. The first kappa shape index (κ1) is 11.1. The Hall–Kier alpha value is -1.02. The molecule has 1 fully saturated rings. The number of hydrogen-bond acceptors (Lipinski definition) is 2. The van der Waals surface area contributed by atoms with Crippen LogP contribution in [-0.4, -0.2) is 18.2 Å². The van der Waals surface area contributed by atoms with Crippen LogP contribution in [0.1, 0.15) is 37.8 Å². The van der Waals surface area contributed by atoms with Gasteiger partial charge in [0.25, 0.3) is 0 Å². The molecule has 1 aromatic rings. The monoisotopic (exact) mass is 231 g/mol. The quantitative estimate of drug-likeness (QED) is 0.864. The molecule has 2 aliphatic rings. The second kappa shape index (κ2) is 3.74. The first-order valence-electron chi connectivity index (χ1n) is 6.65. The smallest absolute Gasteiger partial charge is 0.0840 e. The van der Waals surface area contributed by atoms with Crippen LogP contribution in [0.4, 0.5) is 5.69 Å². The van der Waals surface area contributed by atoms with Gasteiger partial charge in [-0.3, -0.25) is 0 Å². The highest BCUT2D eigenvalue weighted by molar-refractivity contribution is 5.59. The van der Waals surface area contributed by atoms with Crippen molar-refractivity contribution in [1.82, 2.24) is 0 Å². The van der Waals surface area contributed by atoms with E-state index in [1.165, 1.54) is 30.6 Å². The van der Waals surface area contributed by atoms with Gasteiger partial charge in [0.1, 0.15) is 0 Å². The van der Waals surface area contributed by atoms with Gasteiger partial charge in [-0.2, -0.15) is 0 Å². The minimum atomic E-state index is -0.723. The predicted molar refractivity (Wildman–Crippen MR) is 70.3 cm³/mol. The van der Waals surface area contributed by atoms with Crippen molar-refractivity contribution in [3.8, 4) is 0 Å². The normalized spacial score (nSPS) is 19.6. The molecule has 92 valence electrons. The van der Waals surface area contributed by atoms with E-state index in [2.05, 4.69) is 23.1 Å². The number of aliphatic hydroxyl groups is 1. The van der Waals surface area contributed by atoms with Gasteiger partial charge in [-0.1, -0.05) is 12.1 Å². The van der Waals surface area contributed by atoms with E-state index in [9.17, 15) is 5.11 Å². The Morgan fingerprint density at radius 3 is 2.76 bits per heavy atom. The number of anilines is 1. The molecule has 2 heteroatoms. The maximum atomic E-state index is 10.0. The van der Waals surface area contributed by atoms with Gasteiger partial charge in [0.2, 0.25) is 0 Å². The summed E-state index contributed by atoms with van der Waals surface area (Å²) in [5, 5.41) is 10.0. The van der Waals surface area contributed by atoms with Crippen LogP contribution < -0.4 is 4.90 Å². The summed E-state index contributed by atoms with van der Waals surface area (Å²) in [6.07, 6.45) is 3.95. The molecule has 17 heavy (non-hydrogen) atoms. The van der Waals surface area contributed by atoms with Gasteiger partial charge in [0, 0.05) is 18.8 Å². The third-order valence-electron chi connectivity index (χ3n) is 3.95. The zero-order chi connectivity index (χ0) is 12.0. The zero-order valence-corrected chi connectivity index (χ0v) is 10.7. The van der Waals surface area contributed by atoms with E-state index in [0.29, 0.717) is 0 Å². The topological polar surface area (TPSA) is 23.5 Å². The maximum absolute atomic E-state index is 10.0. The van der Waals surface area contributed by atoms with Crippen LogP contribution in [0, 0.1) is 5.92 Å². The van der Waals surface area contributed by atoms with Gasteiger partial charge < -0.3 is 10.0 Å². The SMILES string of the molecule is CC(C)(O)c1ccc2c(c1)CCN2CC1CC1. The average Bonchev–Trinajstić information content (AvgIpc) is 2.98. The molecule has 1 saturated carbocycles. The molecule has 2 nitrogen and oxygen atoms in total. The molecule has 1 aromatic carbocycles. The second-order valence-corrected chi connectivity index (χ2v) is 6.04. The fourth-order valence-corrected chi connectivity index (χ4v) is 2.65. The van der Waals surface area contributed by atoms with Crippen molar-refractivity contribution >= 4 is 5.69 Å². The minimum Gasteiger partial charge on any atom is -0.386 e. The number of hydrogen-bond donors (Lipinski definition) is 1. The summed E-state index contributed by atoms with van der Waals surface area (Å²) in [7, 11) is 0. The van der Waals surface area contributed by atoms with Crippen LogP contribution in [0.2, 0.25) is 0 Å². The van der Waals surface area contributed by atoms with E-state index >= 15 is 0 Å². The Labute approximate surface area is 103 Å². The van der Waals surface area contributed by atoms with Crippen molar-refractivity contribution in [2.75, 3.05) is 18.0 Å². The van der Waals surface area contributed by atoms with Crippen molar-refractivity contribution in [2.24, 2.45) is 5.92 Å². The Kier molecular flexibility index (Phi) is 2.44. The number of rotatable bonds is 3. The van der Waals surface area contributed by atoms with E-state index in [1.807, 2.05) is 13.8 Å². The highest BCUT2D eigenvalue weighted by Crippen LogP contribution is 2.36. The molecule has 0 unspecified atom stereocenters. The molecule has 1 heterocycles. The lowest BCUT2D eigenvalue weighted by molar-refractivity contribution is 0.0785. The molecule has 1 N–H and O–H groups in total. The van der Waals surface area contributed by atoms with Gasteiger partial charge in [-0.25, -0.2) is 0 Å². The highest BCUT2D eigenvalue weighted by atomic mass is 16.3. The van der Waals surface area contributed by atoms with Crippen LogP contribution in [0.15, 0.2) is 18.2 Å². The molecular weight excluding hydrogens is 210 g/mol. The minimum absolute atomic E-state index is 0.723. The van der Waals surface area contributed by atoms with E-state index < -0.39 is 5.60 Å². The van der Waals surface area contributed by atoms with Crippen LogP contribution in [0.3, 0.4) is 0 Å². The predicted octanol–water partition coefficient (Wildman–Crippen LogP) is 2.69. The van der Waals surface area contributed by atoms with Gasteiger partial charge in [-0.15, -0.1) is 0 Å². The maximum Gasteiger partial charge on any atom is 0.0840 e. The van der Waals surface area contributed by atoms with E-state index in [4.69, 9.17) is 0 Å². The molecule has 0 aromatic heterocycles. The Morgan fingerprint density at radius 2 is 2.12 bits per heavy atom. The molecular formula is C15H21NO. The van der Waals surface area contributed by atoms with Gasteiger partial charge in [0.15, 0.2) is 0 Å².